The lowest BCUT2D eigenvalue weighted by atomic mass is 9.96. The zero-order chi connectivity index (χ0) is 18.3. The molecule has 0 bridgehead atoms. The molecule has 132 valence electrons. The topological polar surface area (TPSA) is 69.0 Å². The van der Waals surface area contributed by atoms with Crippen molar-refractivity contribution in [2.75, 3.05) is 5.32 Å². The van der Waals surface area contributed by atoms with Gasteiger partial charge in [-0.3, -0.25) is 9.55 Å². The van der Waals surface area contributed by atoms with Gasteiger partial charge in [0.15, 0.2) is 0 Å². The number of nitrogens with zero attached hydrogens (tertiary/aromatic N) is 3. The van der Waals surface area contributed by atoms with E-state index in [4.69, 9.17) is 4.74 Å². The standard InChI is InChI=1S/C20H20N4O2/c1-12(2)26-19(25)17-13(3)22-20-23-15-6-4-5-7-16(15)24(20)18(17)14-8-10-21-11-9-14/h4-12,18H,1-3H3,(H,22,23). The van der Waals surface area contributed by atoms with E-state index in [9.17, 15) is 4.79 Å². The molecule has 1 unspecified atom stereocenters. The van der Waals surface area contributed by atoms with Gasteiger partial charge in [-0.2, -0.15) is 0 Å². The van der Waals surface area contributed by atoms with Crippen LogP contribution in [0.5, 0.6) is 0 Å². The van der Waals surface area contributed by atoms with Crippen LogP contribution in [0.3, 0.4) is 0 Å². The van der Waals surface area contributed by atoms with Gasteiger partial charge in [0.05, 0.1) is 28.8 Å². The van der Waals surface area contributed by atoms with Gasteiger partial charge in [0, 0.05) is 18.1 Å². The van der Waals surface area contributed by atoms with Crippen molar-refractivity contribution in [1.82, 2.24) is 14.5 Å². The first-order chi connectivity index (χ1) is 12.6. The third-order valence-electron chi connectivity index (χ3n) is 4.42. The molecule has 0 aliphatic carbocycles. The highest BCUT2D eigenvalue weighted by Gasteiger charge is 2.35. The summed E-state index contributed by atoms with van der Waals surface area (Å²) in [4.78, 5) is 21.7. The Morgan fingerprint density at radius 2 is 1.92 bits per heavy atom. The van der Waals surface area contributed by atoms with E-state index < -0.39 is 0 Å². The summed E-state index contributed by atoms with van der Waals surface area (Å²) in [6, 6.07) is 11.4. The molecule has 1 aliphatic rings. The van der Waals surface area contributed by atoms with Gasteiger partial charge in [-0.25, -0.2) is 9.78 Å². The van der Waals surface area contributed by atoms with E-state index in [0.29, 0.717) is 11.5 Å². The minimum Gasteiger partial charge on any atom is -0.459 e. The lowest BCUT2D eigenvalue weighted by Gasteiger charge is -2.30. The van der Waals surface area contributed by atoms with Gasteiger partial charge in [0.2, 0.25) is 5.95 Å². The normalized spacial score (nSPS) is 16.5. The minimum absolute atomic E-state index is 0.193. The Kier molecular flexibility index (Phi) is 3.95. The maximum absolute atomic E-state index is 12.9. The molecule has 6 nitrogen and oxygen atoms in total. The third kappa shape index (κ3) is 2.63. The molecule has 0 fully saturated rings. The Hall–Kier alpha value is -3.15. The third-order valence-corrected chi connectivity index (χ3v) is 4.42. The van der Waals surface area contributed by atoms with E-state index in [0.717, 1.165) is 22.3 Å². The number of anilines is 1. The van der Waals surface area contributed by atoms with Crippen molar-refractivity contribution < 1.29 is 9.53 Å². The van der Waals surface area contributed by atoms with Gasteiger partial charge in [-0.1, -0.05) is 12.1 Å². The number of allylic oxidation sites excluding steroid dienone is 1. The molecule has 1 N–H and O–H groups in total. The van der Waals surface area contributed by atoms with Gasteiger partial charge in [-0.05, 0) is 50.6 Å². The summed E-state index contributed by atoms with van der Waals surface area (Å²) in [7, 11) is 0. The van der Waals surface area contributed by atoms with E-state index in [1.165, 1.54) is 0 Å². The largest absolute Gasteiger partial charge is 0.459 e. The van der Waals surface area contributed by atoms with Crippen LogP contribution in [0.2, 0.25) is 0 Å². The number of esters is 1. The number of nitrogens with one attached hydrogen (secondary N) is 1. The van der Waals surface area contributed by atoms with Crippen molar-refractivity contribution in [2.24, 2.45) is 0 Å². The summed E-state index contributed by atoms with van der Waals surface area (Å²) < 4.78 is 7.58. The highest BCUT2D eigenvalue weighted by molar-refractivity contribution is 5.94. The first-order valence-electron chi connectivity index (χ1n) is 8.62. The molecule has 1 atom stereocenters. The molecule has 0 saturated carbocycles. The van der Waals surface area contributed by atoms with Gasteiger partial charge in [-0.15, -0.1) is 0 Å². The maximum atomic E-state index is 12.9. The van der Waals surface area contributed by atoms with E-state index in [1.807, 2.05) is 57.2 Å². The second kappa shape index (κ2) is 6.29. The fourth-order valence-electron chi connectivity index (χ4n) is 3.37. The number of benzene rings is 1. The molecule has 4 rings (SSSR count). The summed E-state index contributed by atoms with van der Waals surface area (Å²) in [6.45, 7) is 5.58. The van der Waals surface area contributed by atoms with Crippen LogP contribution in [0.1, 0.15) is 32.4 Å². The summed E-state index contributed by atoms with van der Waals surface area (Å²) in [5.74, 6) is 0.391. The average Bonchev–Trinajstić information content (AvgIpc) is 2.98. The maximum Gasteiger partial charge on any atom is 0.338 e. The van der Waals surface area contributed by atoms with Gasteiger partial charge in [0.1, 0.15) is 0 Å². The molecule has 2 aromatic heterocycles. The summed E-state index contributed by atoms with van der Waals surface area (Å²) >= 11 is 0. The molecular formula is C20H20N4O2. The molecule has 3 aromatic rings. The average molecular weight is 348 g/mol. The Morgan fingerprint density at radius 3 is 2.65 bits per heavy atom. The van der Waals surface area contributed by atoms with Crippen LogP contribution in [0.15, 0.2) is 60.1 Å². The van der Waals surface area contributed by atoms with E-state index in [-0.39, 0.29) is 18.1 Å². The summed E-state index contributed by atoms with van der Waals surface area (Å²) in [5, 5.41) is 3.27. The molecule has 26 heavy (non-hydrogen) atoms. The highest BCUT2D eigenvalue weighted by Crippen LogP contribution is 2.39. The molecule has 0 spiro atoms. The quantitative estimate of drug-likeness (QED) is 0.731. The summed E-state index contributed by atoms with van der Waals surface area (Å²) in [6.07, 6.45) is 3.27. The predicted octanol–water partition coefficient (Wildman–Crippen LogP) is 3.67. The van der Waals surface area contributed by atoms with E-state index >= 15 is 0 Å². The lowest BCUT2D eigenvalue weighted by molar-refractivity contribution is -0.143. The van der Waals surface area contributed by atoms with E-state index in [1.54, 1.807) is 12.4 Å². The van der Waals surface area contributed by atoms with Crippen LogP contribution in [0.4, 0.5) is 5.95 Å². The summed E-state index contributed by atoms with van der Waals surface area (Å²) in [5.41, 5.74) is 4.13. The van der Waals surface area contributed by atoms with Crippen LogP contribution in [0, 0.1) is 0 Å². The van der Waals surface area contributed by atoms with Gasteiger partial charge >= 0.3 is 5.97 Å². The fourth-order valence-corrected chi connectivity index (χ4v) is 3.37. The Morgan fingerprint density at radius 1 is 1.19 bits per heavy atom. The zero-order valence-corrected chi connectivity index (χ0v) is 14.9. The van der Waals surface area contributed by atoms with Crippen LogP contribution in [0.25, 0.3) is 11.0 Å². The van der Waals surface area contributed by atoms with Crippen LogP contribution < -0.4 is 5.32 Å². The van der Waals surface area contributed by atoms with Crippen molar-refractivity contribution in [3.8, 4) is 0 Å². The number of fused-ring (bicyclic) bond motifs is 3. The number of aromatic nitrogens is 3. The Bertz CT molecular complexity index is 1010. The number of imidazole rings is 1. The number of carbonyl (C=O) groups is 1. The number of carbonyl (C=O) groups excluding carboxylic acids is 1. The lowest BCUT2D eigenvalue weighted by Crippen LogP contribution is -2.30. The SMILES string of the molecule is CC1=C(C(=O)OC(C)C)C(c2ccncc2)n2c(nc3ccccc32)N1. The Labute approximate surface area is 151 Å². The van der Waals surface area contributed by atoms with Crippen LogP contribution >= 0.6 is 0 Å². The van der Waals surface area contributed by atoms with Crippen molar-refractivity contribution >= 4 is 23.0 Å². The predicted molar refractivity (Wildman–Crippen MR) is 99.7 cm³/mol. The number of ether oxygens (including phenoxy) is 1. The molecule has 6 heteroatoms. The second-order valence-electron chi connectivity index (χ2n) is 6.59. The number of para-hydroxylation sites is 2. The smallest absolute Gasteiger partial charge is 0.338 e. The number of rotatable bonds is 3. The monoisotopic (exact) mass is 348 g/mol. The Balaban J connectivity index is 1.95. The highest BCUT2D eigenvalue weighted by atomic mass is 16.5. The van der Waals surface area contributed by atoms with Crippen molar-refractivity contribution in [3.63, 3.8) is 0 Å². The molecule has 0 radical (unpaired) electrons. The molecule has 1 aliphatic heterocycles. The zero-order valence-electron chi connectivity index (χ0n) is 14.9. The van der Waals surface area contributed by atoms with Gasteiger partial charge in [0.25, 0.3) is 0 Å². The first kappa shape index (κ1) is 16.3. The minimum atomic E-state index is -0.326. The van der Waals surface area contributed by atoms with E-state index in [2.05, 4.69) is 19.9 Å². The first-order valence-corrected chi connectivity index (χ1v) is 8.62. The number of hydrogen-bond donors (Lipinski definition) is 1. The molecular weight excluding hydrogens is 328 g/mol. The van der Waals surface area contributed by atoms with Crippen LogP contribution in [-0.4, -0.2) is 26.6 Å². The molecule has 0 saturated heterocycles. The van der Waals surface area contributed by atoms with Crippen molar-refractivity contribution in [2.45, 2.75) is 32.9 Å². The molecule has 0 amide bonds. The molecule has 1 aromatic carbocycles. The number of pyridine rings is 1. The van der Waals surface area contributed by atoms with Crippen molar-refractivity contribution in [1.29, 1.82) is 0 Å². The second-order valence-corrected chi connectivity index (χ2v) is 6.59. The number of hydrogen-bond acceptors (Lipinski definition) is 5. The molecule has 3 heterocycles. The van der Waals surface area contributed by atoms with Crippen molar-refractivity contribution in [3.05, 3.63) is 65.6 Å². The fraction of sp³-hybridized carbons (Fsp3) is 0.250. The van der Waals surface area contributed by atoms with Gasteiger partial charge < -0.3 is 10.1 Å². The van der Waals surface area contributed by atoms with Crippen LogP contribution in [-0.2, 0) is 9.53 Å².